The van der Waals surface area contributed by atoms with Gasteiger partial charge in [-0.25, -0.2) is 4.79 Å². The molecule has 5 rings (SSSR count). The normalized spacial score (nSPS) is 15.2. The van der Waals surface area contributed by atoms with Gasteiger partial charge in [-0.2, -0.15) is 0 Å². The molecule has 0 saturated carbocycles. The highest BCUT2D eigenvalue weighted by Gasteiger charge is 2.35. The molecule has 1 amide bonds. The van der Waals surface area contributed by atoms with Crippen molar-refractivity contribution in [2.75, 3.05) is 19.7 Å². The van der Waals surface area contributed by atoms with Crippen molar-refractivity contribution >= 4 is 28.6 Å². The van der Waals surface area contributed by atoms with Gasteiger partial charge in [0.05, 0.1) is 6.61 Å². The molecule has 1 atom stereocenters. The van der Waals surface area contributed by atoms with Gasteiger partial charge in [-0.05, 0) is 73.0 Å². The van der Waals surface area contributed by atoms with E-state index in [0.717, 1.165) is 34.3 Å². The van der Waals surface area contributed by atoms with Gasteiger partial charge in [-0.3, -0.25) is 4.90 Å². The van der Waals surface area contributed by atoms with Crippen molar-refractivity contribution in [2.45, 2.75) is 18.9 Å². The minimum absolute atomic E-state index is 0.329. The maximum atomic E-state index is 13.3. The molecular formula is C27H26ClN3O3. The highest BCUT2D eigenvalue weighted by molar-refractivity contribution is 6.31. The SMILES string of the molecule is NCCCOc1ccc(C2c3[nH]c4ccc(Cl)cc4c3CCN2C(=O)Oc2ccccc2)cc1. The number of nitrogens with two attached hydrogens (primary N) is 1. The van der Waals surface area contributed by atoms with E-state index >= 15 is 0 Å². The maximum absolute atomic E-state index is 13.3. The number of nitrogens with zero attached hydrogens (tertiary/aromatic N) is 1. The molecule has 1 unspecified atom stereocenters. The van der Waals surface area contributed by atoms with Gasteiger partial charge in [0.2, 0.25) is 0 Å². The summed E-state index contributed by atoms with van der Waals surface area (Å²) in [4.78, 5) is 18.6. The van der Waals surface area contributed by atoms with E-state index in [1.165, 1.54) is 5.56 Å². The second-order valence-electron chi connectivity index (χ2n) is 8.29. The van der Waals surface area contributed by atoms with Crippen LogP contribution in [0.1, 0.15) is 29.3 Å². The van der Waals surface area contributed by atoms with Gasteiger partial charge < -0.3 is 20.2 Å². The number of aromatic amines is 1. The molecular weight excluding hydrogens is 450 g/mol. The van der Waals surface area contributed by atoms with Gasteiger partial charge in [-0.15, -0.1) is 0 Å². The number of fused-ring (bicyclic) bond motifs is 3. The van der Waals surface area contributed by atoms with Crippen LogP contribution in [0, 0.1) is 0 Å². The van der Waals surface area contributed by atoms with E-state index in [-0.39, 0.29) is 12.1 Å². The predicted molar refractivity (Wildman–Crippen MR) is 134 cm³/mol. The van der Waals surface area contributed by atoms with E-state index < -0.39 is 0 Å². The number of hydrogen-bond donors (Lipinski definition) is 2. The van der Waals surface area contributed by atoms with Crippen molar-refractivity contribution in [2.24, 2.45) is 5.73 Å². The monoisotopic (exact) mass is 475 g/mol. The Hall–Kier alpha value is -3.48. The average molecular weight is 476 g/mol. The summed E-state index contributed by atoms with van der Waals surface area (Å²) in [6.07, 6.45) is 1.11. The Bertz CT molecular complexity index is 1290. The molecule has 0 radical (unpaired) electrons. The topological polar surface area (TPSA) is 80.6 Å². The standard InChI is InChI=1S/C27H26ClN3O3/c28-19-9-12-24-23(17-19)22-13-15-31(27(32)34-21-5-2-1-3-6-21)26(25(22)30-24)18-7-10-20(11-8-18)33-16-4-14-29/h1-3,5-12,17,26,30H,4,13-16,29H2. The van der Waals surface area contributed by atoms with E-state index in [2.05, 4.69) is 4.98 Å². The number of para-hydroxylation sites is 1. The summed E-state index contributed by atoms with van der Waals surface area (Å²) < 4.78 is 11.5. The predicted octanol–water partition coefficient (Wildman–Crippen LogP) is 5.70. The molecule has 1 aliphatic rings. The summed E-state index contributed by atoms with van der Waals surface area (Å²) in [7, 11) is 0. The molecule has 34 heavy (non-hydrogen) atoms. The molecule has 7 heteroatoms. The summed E-state index contributed by atoms with van der Waals surface area (Å²) >= 11 is 6.29. The van der Waals surface area contributed by atoms with E-state index in [1.807, 2.05) is 60.7 Å². The first-order chi connectivity index (χ1) is 16.6. The van der Waals surface area contributed by atoms with Crippen LogP contribution in [-0.4, -0.2) is 35.7 Å². The van der Waals surface area contributed by atoms with Gasteiger partial charge in [0.15, 0.2) is 0 Å². The smallest absolute Gasteiger partial charge is 0.416 e. The molecule has 3 N–H and O–H groups in total. The fraction of sp³-hybridized carbons (Fsp3) is 0.222. The first kappa shape index (κ1) is 22.3. The molecule has 0 saturated heterocycles. The summed E-state index contributed by atoms with van der Waals surface area (Å²) in [6, 6.07) is 22.5. The van der Waals surface area contributed by atoms with Crippen LogP contribution >= 0.6 is 11.6 Å². The number of H-pyrrole nitrogens is 1. The summed E-state index contributed by atoms with van der Waals surface area (Å²) in [6.45, 7) is 1.69. The van der Waals surface area contributed by atoms with Crippen molar-refractivity contribution in [3.8, 4) is 11.5 Å². The second-order valence-corrected chi connectivity index (χ2v) is 8.73. The third-order valence-electron chi connectivity index (χ3n) is 6.08. The van der Waals surface area contributed by atoms with Gasteiger partial charge in [0.25, 0.3) is 0 Å². The van der Waals surface area contributed by atoms with Crippen LogP contribution < -0.4 is 15.2 Å². The molecule has 1 aromatic heterocycles. The lowest BCUT2D eigenvalue weighted by molar-refractivity contribution is 0.135. The van der Waals surface area contributed by atoms with Crippen molar-refractivity contribution in [3.63, 3.8) is 0 Å². The van der Waals surface area contributed by atoms with E-state index in [0.29, 0.717) is 36.9 Å². The zero-order valence-corrected chi connectivity index (χ0v) is 19.4. The van der Waals surface area contributed by atoms with Crippen molar-refractivity contribution in [3.05, 3.63) is 94.6 Å². The van der Waals surface area contributed by atoms with E-state index in [9.17, 15) is 4.79 Å². The molecule has 3 aromatic carbocycles. The minimum Gasteiger partial charge on any atom is -0.494 e. The van der Waals surface area contributed by atoms with Gasteiger partial charge in [0, 0.05) is 28.2 Å². The zero-order chi connectivity index (χ0) is 23.5. The number of carbonyl (C=O) groups excluding carboxylic acids is 1. The number of halogens is 1. The fourth-order valence-corrected chi connectivity index (χ4v) is 4.64. The third kappa shape index (κ3) is 4.47. The summed E-state index contributed by atoms with van der Waals surface area (Å²) in [5.41, 5.74) is 9.68. The number of amides is 1. The first-order valence-electron chi connectivity index (χ1n) is 11.4. The van der Waals surface area contributed by atoms with Crippen LogP contribution in [0.2, 0.25) is 5.02 Å². The zero-order valence-electron chi connectivity index (χ0n) is 18.7. The quantitative estimate of drug-likeness (QED) is 0.351. The van der Waals surface area contributed by atoms with Gasteiger partial charge >= 0.3 is 6.09 Å². The average Bonchev–Trinajstić information content (AvgIpc) is 3.22. The number of ether oxygens (including phenoxy) is 2. The maximum Gasteiger partial charge on any atom is 0.416 e. The van der Waals surface area contributed by atoms with Crippen LogP contribution in [0.3, 0.4) is 0 Å². The molecule has 1 aliphatic heterocycles. The Morgan fingerprint density at radius 1 is 1.06 bits per heavy atom. The number of benzene rings is 3. The first-order valence-corrected chi connectivity index (χ1v) is 11.8. The lowest BCUT2D eigenvalue weighted by Crippen LogP contribution is -2.42. The number of rotatable bonds is 6. The van der Waals surface area contributed by atoms with Crippen LogP contribution in [-0.2, 0) is 6.42 Å². The Kier molecular flexibility index (Phi) is 6.43. The van der Waals surface area contributed by atoms with Gasteiger partial charge in [0.1, 0.15) is 17.5 Å². The Labute approximate surface area is 203 Å². The fourth-order valence-electron chi connectivity index (χ4n) is 4.47. The molecule has 0 bridgehead atoms. The molecule has 6 nitrogen and oxygen atoms in total. The number of nitrogens with one attached hydrogen (secondary N) is 1. The lowest BCUT2D eigenvalue weighted by Gasteiger charge is -2.35. The van der Waals surface area contributed by atoms with Crippen molar-refractivity contribution < 1.29 is 14.3 Å². The van der Waals surface area contributed by atoms with Crippen LogP contribution in [0.5, 0.6) is 11.5 Å². The molecule has 2 heterocycles. The molecule has 0 aliphatic carbocycles. The van der Waals surface area contributed by atoms with Crippen LogP contribution in [0.15, 0.2) is 72.8 Å². The number of hydrogen-bond acceptors (Lipinski definition) is 4. The van der Waals surface area contributed by atoms with E-state index in [1.54, 1.807) is 17.0 Å². The molecule has 0 spiro atoms. The summed E-state index contributed by atoms with van der Waals surface area (Å²) in [5, 5.41) is 1.78. The highest BCUT2D eigenvalue weighted by Crippen LogP contribution is 2.40. The number of aromatic nitrogens is 1. The van der Waals surface area contributed by atoms with Crippen LogP contribution in [0.25, 0.3) is 10.9 Å². The molecule has 174 valence electrons. The highest BCUT2D eigenvalue weighted by atomic mass is 35.5. The Balaban J connectivity index is 1.52. The third-order valence-corrected chi connectivity index (χ3v) is 6.32. The second kappa shape index (κ2) is 9.79. The molecule has 0 fully saturated rings. The number of carbonyl (C=O) groups is 1. The summed E-state index contributed by atoms with van der Waals surface area (Å²) in [5.74, 6) is 1.29. The van der Waals surface area contributed by atoms with Crippen LogP contribution in [0.4, 0.5) is 4.79 Å². The molecule has 4 aromatic rings. The van der Waals surface area contributed by atoms with Crippen molar-refractivity contribution in [1.82, 2.24) is 9.88 Å². The largest absolute Gasteiger partial charge is 0.494 e. The Morgan fingerprint density at radius 2 is 1.85 bits per heavy atom. The minimum atomic E-state index is -0.387. The van der Waals surface area contributed by atoms with Gasteiger partial charge in [-0.1, -0.05) is 41.9 Å². The lowest BCUT2D eigenvalue weighted by atomic mass is 9.92. The van der Waals surface area contributed by atoms with E-state index in [4.69, 9.17) is 26.8 Å². The Morgan fingerprint density at radius 3 is 2.62 bits per heavy atom. The van der Waals surface area contributed by atoms with Crippen molar-refractivity contribution in [1.29, 1.82) is 0 Å².